The number of hydrogen-bond acceptors (Lipinski definition) is 5. The van der Waals surface area contributed by atoms with Crippen LogP contribution in [-0.4, -0.2) is 56.9 Å². The number of aliphatic hydroxyl groups is 1. The van der Waals surface area contributed by atoms with Crippen LogP contribution in [0.25, 0.3) is 0 Å². The van der Waals surface area contributed by atoms with Crippen LogP contribution in [0.5, 0.6) is 0 Å². The molecule has 8 heteroatoms. The lowest BCUT2D eigenvalue weighted by molar-refractivity contribution is -0.140. The predicted octanol–water partition coefficient (Wildman–Crippen LogP) is 3.26. The fourth-order valence-electron chi connectivity index (χ4n) is 6.53. The summed E-state index contributed by atoms with van der Waals surface area (Å²) < 4.78 is -0.567. The number of amides is 3. The zero-order valence-electron chi connectivity index (χ0n) is 21.7. The van der Waals surface area contributed by atoms with E-state index in [0.29, 0.717) is 19.6 Å². The number of fused-ring (bicyclic) bond motifs is 1. The number of thioether (sulfide) groups is 1. The van der Waals surface area contributed by atoms with Crippen molar-refractivity contribution in [1.82, 2.24) is 15.5 Å². The quantitative estimate of drug-likeness (QED) is 0.363. The van der Waals surface area contributed by atoms with Crippen LogP contribution in [0.1, 0.15) is 49.7 Å². The average molecular weight is 536 g/mol. The second kappa shape index (κ2) is 11.9. The molecule has 3 fully saturated rings. The van der Waals surface area contributed by atoms with Crippen LogP contribution >= 0.6 is 11.8 Å². The van der Waals surface area contributed by atoms with Gasteiger partial charge in [0.15, 0.2) is 0 Å². The molecule has 0 radical (unpaired) electrons. The molecule has 3 N–H and O–H groups in total. The lowest BCUT2D eigenvalue weighted by atomic mass is 9.70. The van der Waals surface area contributed by atoms with Crippen molar-refractivity contribution in [2.24, 2.45) is 11.8 Å². The first-order valence-corrected chi connectivity index (χ1v) is 14.7. The molecule has 5 atom stereocenters. The fraction of sp³-hybridized carbons (Fsp3) is 0.500. The van der Waals surface area contributed by atoms with Gasteiger partial charge in [-0.3, -0.25) is 14.4 Å². The predicted molar refractivity (Wildman–Crippen MR) is 148 cm³/mol. The van der Waals surface area contributed by atoms with Gasteiger partial charge in [0.05, 0.1) is 16.6 Å². The highest BCUT2D eigenvalue weighted by Gasteiger charge is 2.73. The fourth-order valence-corrected chi connectivity index (χ4v) is 8.75. The van der Waals surface area contributed by atoms with E-state index in [2.05, 4.69) is 10.6 Å². The van der Waals surface area contributed by atoms with E-state index in [4.69, 9.17) is 5.11 Å². The molecule has 0 aromatic heterocycles. The number of nitrogens with one attached hydrogen (secondary N) is 2. The van der Waals surface area contributed by atoms with Gasteiger partial charge in [-0.2, -0.15) is 0 Å². The van der Waals surface area contributed by atoms with E-state index in [1.54, 1.807) is 16.7 Å². The number of carbonyl (C=O) groups is 3. The van der Waals surface area contributed by atoms with Gasteiger partial charge in [-0.15, -0.1) is 11.8 Å². The van der Waals surface area contributed by atoms with Crippen molar-refractivity contribution >= 4 is 29.5 Å². The maximum absolute atomic E-state index is 14.0. The Morgan fingerprint density at radius 2 is 1.50 bits per heavy atom. The molecule has 3 heterocycles. The van der Waals surface area contributed by atoms with E-state index in [1.165, 1.54) is 0 Å². The molecule has 202 valence electrons. The van der Waals surface area contributed by atoms with Gasteiger partial charge in [-0.25, -0.2) is 0 Å². The number of benzene rings is 2. The second-order valence-corrected chi connectivity index (χ2v) is 12.2. The van der Waals surface area contributed by atoms with Crippen molar-refractivity contribution in [3.63, 3.8) is 0 Å². The summed E-state index contributed by atoms with van der Waals surface area (Å²) in [6.45, 7) is 1.49. The Balaban J connectivity index is 1.34. The Labute approximate surface area is 228 Å². The van der Waals surface area contributed by atoms with Gasteiger partial charge in [-0.05, 0) is 36.8 Å². The number of unbranched alkanes of at least 4 members (excludes halogenated alkanes) is 3. The highest BCUT2D eigenvalue weighted by molar-refractivity contribution is 8.02. The molecule has 3 aliphatic rings. The SMILES string of the molecule is O=C(NCc1ccccc1)C1N(CCCCCCO)C(=O)[C@@H]2[C@@H](C(=O)NCc3ccccc3)[C@H]3CCC12S3. The van der Waals surface area contributed by atoms with Gasteiger partial charge in [0.25, 0.3) is 0 Å². The summed E-state index contributed by atoms with van der Waals surface area (Å²) in [5.74, 6) is -1.17. The lowest BCUT2D eigenvalue weighted by Crippen LogP contribution is -2.53. The Kier molecular flexibility index (Phi) is 8.39. The van der Waals surface area contributed by atoms with Crippen LogP contribution in [0.15, 0.2) is 60.7 Å². The number of hydrogen-bond donors (Lipinski definition) is 3. The zero-order valence-corrected chi connectivity index (χ0v) is 22.5. The number of nitrogens with zero attached hydrogens (tertiary/aromatic N) is 1. The van der Waals surface area contributed by atoms with E-state index in [0.717, 1.165) is 49.7 Å². The minimum absolute atomic E-state index is 0.0517. The summed E-state index contributed by atoms with van der Waals surface area (Å²) in [4.78, 5) is 43.0. The van der Waals surface area contributed by atoms with E-state index >= 15 is 0 Å². The van der Waals surface area contributed by atoms with Crippen molar-refractivity contribution in [3.8, 4) is 0 Å². The number of aliphatic hydroxyl groups excluding tert-OH is 1. The molecule has 3 amide bonds. The normalized spacial score (nSPS) is 27.4. The molecule has 38 heavy (non-hydrogen) atoms. The third-order valence-electron chi connectivity index (χ3n) is 8.28. The Morgan fingerprint density at radius 3 is 2.13 bits per heavy atom. The highest BCUT2D eigenvalue weighted by atomic mass is 32.2. The van der Waals surface area contributed by atoms with Gasteiger partial charge >= 0.3 is 0 Å². The topological polar surface area (TPSA) is 98.7 Å². The lowest BCUT2D eigenvalue weighted by Gasteiger charge is -2.34. The highest BCUT2D eigenvalue weighted by Crippen LogP contribution is 2.66. The molecule has 2 bridgehead atoms. The van der Waals surface area contributed by atoms with Crippen LogP contribution in [0.3, 0.4) is 0 Å². The standard InChI is InChI=1S/C30H37N3O4S/c34-18-10-2-1-9-17-33-26(28(36)32-20-22-13-7-4-8-14-22)30-16-15-23(38-30)24(25(30)29(33)37)27(35)31-19-21-11-5-3-6-12-21/h3-8,11-14,23-26,34H,1-2,9-10,15-20H2,(H,31,35)(H,32,36)/t23-,24+,25+,26?,30?/m1/s1. The molecule has 5 rings (SSSR count). The smallest absolute Gasteiger partial charge is 0.244 e. The summed E-state index contributed by atoms with van der Waals surface area (Å²) in [7, 11) is 0. The zero-order chi connectivity index (χ0) is 26.5. The Hall–Kier alpha value is -2.84. The van der Waals surface area contributed by atoms with Crippen molar-refractivity contribution in [1.29, 1.82) is 0 Å². The second-order valence-electron chi connectivity index (χ2n) is 10.6. The number of likely N-dealkylation sites (tertiary alicyclic amines) is 1. The molecule has 2 aromatic carbocycles. The van der Waals surface area contributed by atoms with Crippen molar-refractivity contribution in [3.05, 3.63) is 71.8 Å². The minimum Gasteiger partial charge on any atom is -0.396 e. The van der Waals surface area contributed by atoms with Gasteiger partial charge in [0.2, 0.25) is 17.7 Å². The maximum atomic E-state index is 14.0. The molecule has 0 aliphatic carbocycles. The number of carbonyl (C=O) groups excluding carboxylic acids is 3. The van der Waals surface area contributed by atoms with Crippen LogP contribution in [0.4, 0.5) is 0 Å². The van der Waals surface area contributed by atoms with Gasteiger partial charge in [0, 0.05) is 31.5 Å². The average Bonchev–Trinajstić information content (AvgIpc) is 3.59. The molecular formula is C30H37N3O4S. The molecule has 7 nitrogen and oxygen atoms in total. The first-order chi connectivity index (χ1) is 18.5. The van der Waals surface area contributed by atoms with Crippen molar-refractivity contribution in [2.75, 3.05) is 13.2 Å². The molecule has 1 spiro atoms. The molecule has 2 aromatic rings. The van der Waals surface area contributed by atoms with Crippen LogP contribution in [-0.2, 0) is 27.5 Å². The summed E-state index contributed by atoms with van der Waals surface area (Å²) in [6, 6.07) is 19.0. The van der Waals surface area contributed by atoms with Crippen LogP contribution in [0.2, 0.25) is 0 Å². The van der Waals surface area contributed by atoms with E-state index in [1.807, 2.05) is 60.7 Å². The Bertz CT molecular complexity index is 1130. The third kappa shape index (κ3) is 5.21. The van der Waals surface area contributed by atoms with Crippen molar-refractivity contribution < 1.29 is 19.5 Å². The Morgan fingerprint density at radius 1 is 0.895 bits per heavy atom. The molecular weight excluding hydrogens is 498 g/mol. The van der Waals surface area contributed by atoms with Gasteiger partial charge < -0.3 is 20.6 Å². The third-order valence-corrected chi connectivity index (χ3v) is 10.2. The first-order valence-electron chi connectivity index (χ1n) is 13.8. The molecule has 3 saturated heterocycles. The molecule has 2 unspecified atom stereocenters. The summed E-state index contributed by atoms with van der Waals surface area (Å²) >= 11 is 1.70. The minimum atomic E-state index is -0.580. The maximum Gasteiger partial charge on any atom is 0.244 e. The van der Waals surface area contributed by atoms with Crippen LogP contribution < -0.4 is 10.6 Å². The first kappa shape index (κ1) is 26.8. The monoisotopic (exact) mass is 535 g/mol. The molecule has 0 saturated carbocycles. The largest absolute Gasteiger partial charge is 0.396 e. The van der Waals surface area contributed by atoms with E-state index < -0.39 is 22.6 Å². The summed E-state index contributed by atoms with van der Waals surface area (Å²) in [6.07, 6.45) is 4.89. The van der Waals surface area contributed by atoms with Gasteiger partial charge in [-0.1, -0.05) is 73.5 Å². The van der Waals surface area contributed by atoms with E-state index in [9.17, 15) is 14.4 Å². The van der Waals surface area contributed by atoms with Gasteiger partial charge in [0.1, 0.15) is 6.04 Å². The van der Waals surface area contributed by atoms with Crippen LogP contribution in [0, 0.1) is 11.8 Å². The summed E-state index contributed by atoms with van der Waals surface area (Å²) in [5.41, 5.74) is 2.03. The summed E-state index contributed by atoms with van der Waals surface area (Å²) in [5, 5.41) is 15.3. The number of rotatable bonds is 12. The van der Waals surface area contributed by atoms with Crippen molar-refractivity contribution in [2.45, 2.75) is 67.7 Å². The molecule has 3 aliphatic heterocycles. The van der Waals surface area contributed by atoms with E-state index in [-0.39, 0.29) is 29.6 Å².